The predicted octanol–water partition coefficient (Wildman–Crippen LogP) is 3.62. The zero-order chi connectivity index (χ0) is 20.8. The molecule has 0 aliphatic heterocycles. The summed E-state index contributed by atoms with van der Waals surface area (Å²) < 4.78 is 17.5. The van der Waals surface area contributed by atoms with Gasteiger partial charge in [-0.05, 0) is 30.3 Å². The summed E-state index contributed by atoms with van der Waals surface area (Å²) >= 11 is 1.52. The van der Waals surface area contributed by atoms with Crippen molar-refractivity contribution in [1.82, 2.24) is 0 Å². The molecule has 3 rings (SSSR count). The molecule has 1 heterocycles. The van der Waals surface area contributed by atoms with Crippen LogP contribution >= 0.6 is 11.3 Å². The van der Waals surface area contributed by atoms with Gasteiger partial charge in [-0.15, -0.1) is 11.3 Å². The maximum atomic E-state index is 12.8. The molecular formula is C22H18O6S. The van der Waals surface area contributed by atoms with E-state index in [4.69, 9.17) is 14.2 Å². The van der Waals surface area contributed by atoms with Crippen LogP contribution in [0.4, 0.5) is 0 Å². The van der Waals surface area contributed by atoms with E-state index in [1.165, 1.54) is 11.3 Å². The van der Waals surface area contributed by atoms with E-state index in [0.29, 0.717) is 16.5 Å². The minimum absolute atomic E-state index is 0.0687. The van der Waals surface area contributed by atoms with Crippen molar-refractivity contribution < 1.29 is 23.8 Å². The Kier molecular flexibility index (Phi) is 6.41. The van der Waals surface area contributed by atoms with E-state index in [9.17, 15) is 14.4 Å². The van der Waals surface area contributed by atoms with Gasteiger partial charge in [0.05, 0.1) is 0 Å². The minimum Gasteiger partial charge on any atom is -0.490 e. The van der Waals surface area contributed by atoms with E-state index >= 15 is 0 Å². The van der Waals surface area contributed by atoms with E-state index in [1.54, 1.807) is 18.2 Å². The standard InChI is InChI=1S/C22H18O6S/c1-3-20(23)27-13-15(28-21(24)4-2)12-26-14-9-10-19-17(11-14)22(25)16-7-5-6-8-18(16)29-19/h3-11,15H,1-2,12-13H2. The third-order valence-corrected chi connectivity index (χ3v) is 5.16. The Morgan fingerprint density at radius 2 is 1.69 bits per heavy atom. The zero-order valence-corrected chi connectivity index (χ0v) is 16.3. The number of esters is 2. The Bertz CT molecular complexity index is 1150. The maximum Gasteiger partial charge on any atom is 0.330 e. The first kappa shape index (κ1) is 20.3. The summed E-state index contributed by atoms with van der Waals surface area (Å²) in [5.41, 5.74) is -0.0747. The lowest BCUT2D eigenvalue weighted by molar-refractivity contribution is -0.154. The van der Waals surface area contributed by atoms with Gasteiger partial charge in [-0.2, -0.15) is 0 Å². The lowest BCUT2D eigenvalue weighted by atomic mass is 10.2. The molecule has 1 aromatic heterocycles. The molecule has 0 saturated carbocycles. The summed E-state index contributed by atoms with van der Waals surface area (Å²) in [5, 5.41) is 1.19. The molecule has 0 amide bonds. The van der Waals surface area contributed by atoms with Crippen molar-refractivity contribution in [1.29, 1.82) is 0 Å². The molecule has 6 nitrogen and oxygen atoms in total. The van der Waals surface area contributed by atoms with Gasteiger partial charge in [0.1, 0.15) is 19.0 Å². The summed E-state index contributed by atoms with van der Waals surface area (Å²) in [4.78, 5) is 35.5. The van der Waals surface area contributed by atoms with Crippen molar-refractivity contribution in [2.75, 3.05) is 13.2 Å². The van der Waals surface area contributed by atoms with Crippen LogP contribution in [-0.2, 0) is 19.1 Å². The van der Waals surface area contributed by atoms with Gasteiger partial charge in [0.15, 0.2) is 11.5 Å². The molecule has 0 N–H and O–H groups in total. The fourth-order valence-electron chi connectivity index (χ4n) is 2.62. The second-order valence-corrected chi connectivity index (χ2v) is 7.08. The second-order valence-electron chi connectivity index (χ2n) is 5.99. The summed E-state index contributed by atoms with van der Waals surface area (Å²) in [5.74, 6) is -0.867. The molecule has 0 radical (unpaired) electrons. The molecular weight excluding hydrogens is 392 g/mol. The normalized spacial score (nSPS) is 11.6. The molecule has 2 aromatic carbocycles. The van der Waals surface area contributed by atoms with Crippen LogP contribution in [0.25, 0.3) is 20.2 Å². The highest BCUT2D eigenvalue weighted by atomic mass is 32.1. The van der Waals surface area contributed by atoms with Gasteiger partial charge < -0.3 is 14.2 Å². The highest BCUT2D eigenvalue weighted by Gasteiger charge is 2.17. The first-order chi connectivity index (χ1) is 14.0. The number of carbonyl (C=O) groups is 2. The van der Waals surface area contributed by atoms with Gasteiger partial charge in [-0.1, -0.05) is 25.3 Å². The minimum atomic E-state index is -0.841. The van der Waals surface area contributed by atoms with Crippen LogP contribution in [0.1, 0.15) is 0 Å². The van der Waals surface area contributed by atoms with Crippen molar-refractivity contribution in [2.24, 2.45) is 0 Å². The molecule has 0 bridgehead atoms. The van der Waals surface area contributed by atoms with Crippen LogP contribution in [0.3, 0.4) is 0 Å². The smallest absolute Gasteiger partial charge is 0.330 e. The Balaban J connectivity index is 1.80. The molecule has 0 aliphatic carbocycles. The Morgan fingerprint density at radius 3 is 2.45 bits per heavy atom. The van der Waals surface area contributed by atoms with Crippen LogP contribution in [0.15, 0.2) is 72.6 Å². The Labute approximate surface area is 170 Å². The van der Waals surface area contributed by atoms with Crippen molar-refractivity contribution in [2.45, 2.75) is 6.10 Å². The number of benzene rings is 2. The highest BCUT2D eigenvalue weighted by Crippen LogP contribution is 2.27. The average molecular weight is 410 g/mol. The van der Waals surface area contributed by atoms with Gasteiger partial charge in [0, 0.05) is 32.3 Å². The van der Waals surface area contributed by atoms with Crippen LogP contribution in [-0.4, -0.2) is 31.3 Å². The summed E-state index contributed by atoms with van der Waals surface area (Å²) in [6, 6.07) is 12.6. The number of hydrogen-bond donors (Lipinski definition) is 0. The Morgan fingerprint density at radius 1 is 0.966 bits per heavy atom. The summed E-state index contributed by atoms with van der Waals surface area (Å²) in [6.45, 7) is 6.38. The van der Waals surface area contributed by atoms with Crippen LogP contribution in [0.5, 0.6) is 5.75 Å². The molecule has 29 heavy (non-hydrogen) atoms. The fourth-order valence-corrected chi connectivity index (χ4v) is 3.68. The zero-order valence-electron chi connectivity index (χ0n) is 15.5. The van der Waals surface area contributed by atoms with Crippen molar-refractivity contribution in [3.63, 3.8) is 0 Å². The van der Waals surface area contributed by atoms with Gasteiger partial charge in [-0.3, -0.25) is 4.79 Å². The predicted molar refractivity (Wildman–Crippen MR) is 112 cm³/mol. The first-order valence-electron chi connectivity index (χ1n) is 8.72. The molecule has 7 heteroatoms. The van der Waals surface area contributed by atoms with Crippen molar-refractivity contribution >= 4 is 43.4 Å². The fraction of sp³-hybridized carbons (Fsp3) is 0.136. The number of ether oxygens (including phenoxy) is 3. The second kappa shape index (κ2) is 9.16. The number of carbonyl (C=O) groups excluding carboxylic acids is 2. The van der Waals surface area contributed by atoms with E-state index in [-0.39, 0.29) is 18.6 Å². The first-order valence-corrected chi connectivity index (χ1v) is 9.54. The molecule has 1 unspecified atom stereocenters. The molecule has 1 atom stereocenters. The van der Waals surface area contributed by atoms with Crippen molar-refractivity contribution in [3.05, 3.63) is 78.0 Å². The van der Waals surface area contributed by atoms with Gasteiger partial charge >= 0.3 is 11.9 Å². The summed E-state index contributed by atoms with van der Waals surface area (Å²) in [7, 11) is 0. The molecule has 3 aromatic rings. The topological polar surface area (TPSA) is 78.9 Å². The molecule has 0 fully saturated rings. The summed E-state index contributed by atoms with van der Waals surface area (Å²) in [6.07, 6.45) is 1.18. The van der Waals surface area contributed by atoms with Gasteiger partial charge in [0.25, 0.3) is 0 Å². The number of fused-ring (bicyclic) bond motifs is 2. The van der Waals surface area contributed by atoms with Gasteiger partial charge in [0.2, 0.25) is 0 Å². The third-order valence-electron chi connectivity index (χ3n) is 4.01. The van der Waals surface area contributed by atoms with E-state index in [2.05, 4.69) is 13.2 Å². The molecule has 0 saturated heterocycles. The molecule has 0 aliphatic rings. The van der Waals surface area contributed by atoms with Crippen LogP contribution < -0.4 is 10.2 Å². The van der Waals surface area contributed by atoms with Crippen molar-refractivity contribution in [3.8, 4) is 5.75 Å². The Hall–Kier alpha value is -3.45. The number of rotatable bonds is 8. The van der Waals surface area contributed by atoms with Crippen LogP contribution in [0, 0.1) is 0 Å². The maximum absolute atomic E-state index is 12.8. The lowest BCUT2D eigenvalue weighted by Gasteiger charge is -2.17. The quantitative estimate of drug-likeness (QED) is 0.321. The lowest BCUT2D eigenvalue weighted by Crippen LogP contribution is -2.30. The van der Waals surface area contributed by atoms with Crippen LogP contribution in [0.2, 0.25) is 0 Å². The van der Waals surface area contributed by atoms with E-state index in [0.717, 1.165) is 21.6 Å². The largest absolute Gasteiger partial charge is 0.490 e. The SMILES string of the molecule is C=CC(=O)OCC(COc1ccc2sc3ccccc3c(=O)c2c1)OC(=O)C=C. The van der Waals surface area contributed by atoms with Gasteiger partial charge in [-0.25, -0.2) is 9.59 Å². The highest BCUT2D eigenvalue weighted by molar-refractivity contribution is 7.24. The average Bonchev–Trinajstić information content (AvgIpc) is 2.75. The number of hydrogen-bond acceptors (Lipinski definition) is 7. The third kappa shape index (κ3) is 4.89. The van der Waals surface area contributed by atoms with E-state index in [1.807, 2.05) is 24.3 Å². The van der Waals surface area contributed by atoms with E-state index < -0.39 is 18.0 Å². The molecule has 148 valence electrons. The monoisotopic (exact) mass is 410 g/mol. The molecule has 0 spiro atoms.